The zero-order chi connectivity index (χ0) is 20.2. The maximum Gasteiger partial charge on any atom is 0.227 e. The molecule has 1 saturated carbocycles. The van der Waals surface area contributed by atoms with Crippen molar-refractivity contribution in [2.75, 3.05) is 24.3 Å². The number of rotatable bonds is 7. The molecule has 1 heterocycles. The first kappa shape index (κ1) is 19.8. The summed E-state index contributed by atoms with van der Waals surface area (Å²) in [5.41, 5.74) is 1.97. The Morgan fingerprint density at radius 2 is 1.86 bits per heavy atom. The lowest BCUT2D eigenvalue weighted by molar-refractivity contribution is -0.134. The van der Waals surface area contributed by atoms with Crippen LogP contribution in [0.25, 0.3) is 0 Å². The van der Waals surface area contributed by atoms with E-state index in [1.54, 1.807) is 18.9 Å². The summed E-state index contributed by atoms with van der Waals surface area (Å²) in [5, 5.41) is 0. The average molecular weight is 411 g/mol. The van der Waals surface area contributed by atoms with Gasteiger partial charge in [0.1, 0.15) is 5.75 Å². The summed E-state index contributed by atoms with van der Waals surface area (Å²) in [4.78, 5) is 30.7. The normalized spacial score (nSPS) is 15.6. The molecular weight excluding hydrogens is 384 g/mol. The average Bonchev–Trinajstić information content (AvgIpc) is 3.60. The van der Waals surface area contributed by atoms with Gasteiger partial charge in [-0.15, -0.1) is 11.8 Å². The minimum absolute atomic E-state index is 0.0270. The fourth-order valence-corrected chi connectivity index (χ4v) is 4.74. The first-order chi connectivity index (χ1) is 14.2. The van der Waals surface area contributed by atoms with Crippen LogP contribution in [0.1, 0.15) is 31.2 Å². The molecule has 0 N–H and O–H groups in total. The Balaban J connectivity index is 1.40. The number of methoxy groups -OCH3 is 1. The number of nitrogens with zero attached hydrogens (tertiary/aromatic N) is 2. The second kappa shape index (κ2) is 8.91. The summed E-state index contributed by atoms with van der Waals surface area (Å²) in [5.74, 6) is 1.76. The highest BCUT2D eigenvalue weighted by molar-refractivity contribution is 7.99. The quantitative estimate of drug-likeness (QED) is 0.689. The molecular formula is C23H26N2O3S. The Morgan fingerprint density at radius 3 is 2.66 bits per heavy atom. The molecule has 152 valence electrons. The molecule has 1 aliphatic heterocycles. The van der Waals surface area contributed by atoms with Gasteiger partial charge >= 0.3 is 0 Å². The molecule has 1 fully saturated rings. The number of thioether (sulfide) groups is 1. The molecule has 29 heavy (non-hydrogen) atoms. The van der Waals surface area contributed by atoms with Crippen molar-refractivity contribution in [3.05, 3.63) is 54.1 Å². The molecule has 2 amide bonds. The van der Waals surface area contributed by atoms with E-state index in [9.17, 15) is 9.59 Å². The number of ether oxygens (including phenoxy) is 1. The lowest BCUT2D eigenvalue weighted by Gasteiger charge is -2.29. The van der Waals surface area contributed by atoms with Gasteiger partial charge in [-0.25, -0.2) is 0 Å². The summed E-state index contributed by atoms with van der Waals surface area (Å²) >= 11 is 1.78. The lowest BCUT2D eigenvalue weighted by Crippen LogP contribution is -2.37. The van der Waals surface area contributed by atoms with Crippen molar-refractivity contribution in [1.29, 1.82) is 0 Å². The van der Waals surface area contributed by atoms with Crippen LogP contribution in [0, 0.1) is 0 Å². The molecule has 1 aliphatic carbocycles. The zero-order valence-electron chi connectivity index (χ0n) is 16.7. The minimum atomic E-state index is 0.0270. The minimum Gasteiger partial charge on any atom is -0.496 e. The number of para-hydroxylation sites is 2. The first-order valence-electron chi connectivity index (χ1n) is 10.1. The van der Waals surface area contributed by atoms with Gasteiger partial charge in [-0.1, -0.05) is 30.3 Å². The maximum atomic E-state index is 13.0. The maximum absolute atomic E-state index is 13.0. The second-order valence-electron chi connectivity index (χ2n) is 7.43. The highest BCUT2D eigenvalue weighted by atomic mass is 32.2. The molecule has 2 aromatic rings. The van der Waals surface area contributed by atoms with Crippen LogP contribution in [-0.4, -0.2) is 42.2 Å². The monoisotopic (exact) mass is 410 g/mol. The molecule has 0 radical (unpaired) electrons. The predicted octanol–water partition coefficient (Wildman–Crippen LogP) is 4.11. The van der Waals surface area contributed by atoms with Crippen LogP contribution in [0.15, 0.2) is 53.4 Å². The van der Waals surface area contributed by atoms with Crippen molar-refractivity contribution < 1.29 is 14.3 Å². The van der Waals surface area contributed by atoms with Crippen molar-refractivity contribution in [3.8, 4) is 5.75 Å². The van der Waals surface area contributed by atoms with Crippen LogP contribution in [0.5, 0.6) is 5.75 Å². The molecule has 0 aromatic heterocycles. The molecule has 0 saturated heterocycles. The first-order valence-corrected chi connectivity index (χ1v) is 11.1. The van der Waals surface area contributed by atoms with E-state index >= 15 is 0 Å². The van der Waals surface area contributed by atoms with Gasteiger partial charge in [0.2, 0.25) is 11.8 Å². The van der Waals surface area contributed by atoms with E-state index < -0.39 is 0 Å². The van der Waals surface area contributed by atoms with Crippen LogP contribution in [-0.2, 0) is 16.1 Å². The number of benzene rings is 2. The molecule has 6 heteroatoms. The van der Waals surface area contributed by atoms with Crippen LogP contribution >= 0.6 is 11.8 Å². The molecule has 0 bridgehead atoms. The lowest BCUT2D eigenvalue weighted by atomic mass is 10.1. The van der Waals surface area contributed by atoms with E-state index in [4.69, 9.17) is 4.74 Å². The van der Waals surface area contributed by atoms with Gasteiger partial charge in [0, 0.05) is 48.2 Å². The standard InChI is InChI=1S/C23H26N2O3S/c1-28-20-8-4-2-6-17(20)16-25(18-10-11-18)23(27)13-12-22(26)24-14-15-29-21-9-5-3-7-19(21)24/h2-9,18H,10-16H2,1H3. The van der Waals surface area contributed by atoms with E-state index in [1.165, 1.54) is 0 Å². The molecule has 0 spiro atoms. The molecule has 0 unspecified atom stereocenters. The van der Waals surface area contributed by atoms with Crippen molar-refractivity contribution in [1.82, 2.24) is 4.90 Å². The smallest absolute Gasteiger partial charge is 0.227 e. The van der Waals surface area contributed by atoms with Gasteiger partial charge in [0.05, 0.1) is 12.8 Å². The number of anilines is 1. The summed E-state index contributed by atoms with van der Waals surface area (Å²) in [6.07, 6.45) is 2.56. The molecule has 2 aromatic carbocycles. The third kappa shape index (κ3) is 4.58. The van der Waals surface area contributed by atoms with E-state index in [0.717, 1.165) is 40.5 Å². The summed E-state index contributed by atoms with van der Waals surface area (Å²) in [6.45, 7) is 1.23. The summed E-state index contributed by atoms with van der Waals surface area (Å²) in [7, 11) is 1.65. The van der Waals surface area contributed by atoms with E-state index in [1.807, 2.05) is 58.3 Å². The van der Waals surface area contributed by atoms with Crippen molar-refractivity contribution >= 4 is 29.3 Å². The van der Waals surface area contributed by atoms with E-state index in [2.05, 4.69) is 0 Å². The third-order valence-electron chi connectivity index (χ3n) is 5.42. The molecule has 2 aliphatic rings. The highest BCUT2D eigenvalue weighted by Crippen LogP contribution is 2.35. The van der Waals surface area contributed by atoms with Crippen LogP contribution in [0.3, 0.4) is 0 Å². The Labute approximate surface area is 176 Å². The van der Waals surface area contributed by atoms with E-state index in [0.29, 0.717) is 13.1 Å². The zero-order valence-corrected chi connectivity index (χ0v) is 17.5. The predicted molar refractivity (Wildman–Crippen MR) is 115 cm³/mol. The van der Waals surface area contributed by atoms with Gasteiger partial charge < -0.3 is 14.5 Å². The SMILES string of the molecule is COc1ccccc1CN(C(=O)CCC(=O)N1CCSc2ccccc21)C1CC1. The Hall–Kier alpha value is -2.47. The van der Waals surface area contributed by atoms with E-state index in [-0.39, 0.29) is 30.7 Å². The van der Waals surface area contributed by atoms with Gasteiger partial charge in [-0.2, -0.15) is 0 Å². The number of fused-ring (bicyclic) bond motifs is 1. The fraction of sp³-hybridized carbons (Fsp3) is 0.391. The molecule has 4 rings (SSSR count). The second-order valence-corrected chi connectivity index (χ2v) is 8.56. The van der Waals surface area contributed by atoms with Crippen LogP contribution < -0.4 is 9.64 Å². The van der Waals surface area contributed by atoms with Crippen molar-refractivity contribution in [2.45, 2.75) is 43.2 Å². The topological polar surface area (TPSA) is 49.9 Å². The van der Waals surface area contributed by atoms with Crippen molar-refractivity contribution in [2.24, 2.45) is 0 Å². The molecule has 0 atom stereocenters. The highest BCUT2D eigenvalue weighted by Gasteiger charge is 2.33. The van der Waals surface area contributed by atoms with Gasteiger partial charge in [-0.05, 0) is 31.0 Å². The van der Waals surface area contributed by atoms with Crippen molar-refractivity contribution in [3.63, 3.8) is 0 Å². The Kier molecular flexibility index (Phi) is 6.09. The van der Waals surface area contributed by atoms with Gasteiger partial charge in [-0.3, -0.25) is 9.59 Å². The Bertz CT molecular complexity index is 897. The van der Waals surface area contributed by atoms with Crippen LogP contribution in [0.4, 0.5) is 5.69 Å². The number of hydrogen-bond acceptors (Lipinski definition) is 4. The summed E-state index contributed by atoms with van der Waals surface area (Å²) in [6, 6.07) is 16.1. The molecule has 5 nitrogen and oxygen atoms in total. The number of amides is 2. The van der Waals surface area contributed by atoms with Gasteiger partial charge in [0.25, 0.3) is 0 Å². The third-order valence-corrected chi connectivity index (χ3v) is 6.47. The summed E-state index contributed by atoms with van der Waals surface area (Å²) < 4.78 is 5.44. The number of hydrogen-bond donors (Lipinski definition) is 0. The fourth-order valence-electron chi connectivity index (χ4n) is 3.75. The number of carbonyl (C=O) groups excluding carboxylic acids is 2. The van der Waals surface area contributed by atoms with Crippen LogP contribution in [0.2, 0.25) is 0 Å². The largest absolute Gasteiger partial charge is 0.496 e. The number of carbonyl (C=O) groups is 2. The van der Waals surface area contributed by atoms with Gasteiger partial charge in [0.15, 0.2) is 0 Å². The Morgan fingerprint density at radius 1 is 1.10 bits per heavy atom.